The first-order valence-corrected chi connectivity index (χ1v) is 6.84. The maximum atomic E-state index is 11.9. The molecule has 1 aliphatic carbocycles. The van der Waals surface area contributed by atoms with Crippen molar-refractivity contribution in [2.75, 3.05) is 5.32 Å². The highest BCUT2D eigenvalue weighted by Gasteiger charge is 2.24. The molecule has 0 saturated heterocycles. The van der Waals surface area contributed by atoms with E-state index in [9.17, 15) is 4.79 Å². The van der Waals surface area contributed by atoms with Gasteiger partial charge >= 0.3 is 0 Å². The number of amides is 1. The van der Waals surface area contributed by atoms with E-state index in [-0.39, 0.29) is 11.9 Å². The number of carbonyl (C=O) groups excluding carboxylic acids is 1. The molecule has 2 atom stereocenters. The summed E-state index contributed by atoms with van der Waals surface area (Å²) in [6, 6.07) is 7.32. The molecule has 4 heteroatoms. The van der Waals surface area contributed by atoms with Gasteiger partial charge in [-0.1, -0.05) is 24.4 Å². The fourth-order valence-corrected chi connectivity index (χ4v) is 2.60. The largest absolute Gasteiger partial charge is 0.327 e. The van der Waals surface area contributed by atoms with Gasteiger partial charge in [0.05, 0.1) is 0 Å². The fourth-order valence-electron chi connectivity index (χ4n) is 2.47. The number of rotatable bonds is 3. The van der Waals surface area contributed by atoms with Crippen molar-refractivity contribution in [3.05, 3.63) is 29.3 Å². The van der Waals surface area contributed by atoms with Crippen LogP contribution in [0.4, 0.5) is 5.69 Å². The van der Waals surface area contributed by atoms with Crippen LogP contribution in [0.25, 0.3) is 0 Å². The number of nitrogens with two attached hydrogens (primary N) is 1. The Morgan fingerprint density at radius 1 is 1.28 bits per heavy atom. The van der Waals surface area contributed by atoms with E-state index in [4.69, 9.17) is 17.3 Å². The first-order valence-electron chi connectivity index (χ1n) is 6.46. The molecule has 3 nitrogen and oxygen atoms in total. The van der Waals surface area contributed by atoms with Crippen molar-refractivity contribution in [2.45, 2.75) is 38.1 Å². The normalized spacial score (nSPS) is 23.7. The second-order valence-electron chi connectivity index (χ2n) is 4.97. The average molecular weight is 267 g/mol. The Morgan fingerprint density at radius 3 is 2.61 bits per heavy atom. The second-order valence-corrected chi connectivity index (χ2v) is 5.40. The summed E-state index contributed by atoms with van der Waals surface area (Å²) in [5.41, 5.74) is 6.83. The number of anilines is 1. The van der Waals surface area contributed by atoms with Gasteiger partial charge in [0.1, 0.15) is 0 Å². The first-order chi connectivity index (χ1) is 8.65. The summed E-state index contributed by atoms with van der Waals surface area (Å²) in [5.74, 6) is 0.366. The van der Waals surface area contributed by atoms with E-state index in [0.29, 0.717) is 17.4 Å². The quantitative estimate of drug-likeness (QED) is 0.883. The molecule has 98 valence electrons. The molecule has 1 saturated carbocycles. The van der Waals surface area contributed by atoms with Crippen molar-refractivity contribution < 1.29 is 4.79 Å². The third kappa shape index (κ3) is 3.72. The molecule has 2 rings (SSSR count). The zero-order chi connectivity index (χ0) is 13.0. The Hall–Kier alpha value is -1.06. The Morgan fingerprint density at radius 2 is 1.94 bits per heavy atom. The number of nitrogens with one attached hydrogen (secondary N) is 1. The lowest BCUT2D eigenvalue weighted by Gasteiger charge is -2.27. The third-order valence-corrected chi connectivity index (χ3v) is 3.80. The van der Waals surface area contributed by atoms with Gasteiger partial charge in [-0.3, -0.25) is 4.79 Å². The second kappa shape index (κ2) is 6.21. The monoisotopic (exact) mass is 266 g/mol. The lowest BCUT2D eigenvalue weighted by atomic mass is 9.83. The van der Waals surface area contributed by atoms with Gasteiger partial charge in [0.2, 0.25) is 5.91 Å². The predicted octanol–water partition coefficient (Wildman–Crippen LogP) is 3.19. The standard InChI is InChI=1S/C14H19ClN2O/c15-11-5-7-12(8-6-11)17-14(18)9-10-3-1-2-4-13(10)16/h5-8,10,13H,1-4,9,16H2,(H,17,18). The lowest BCUT2D eigenvalue weighted by molar-refractivity contribution is -0.117. The third-order valence-electron chi connectivity index (χ3n) is 3.54. The molecule has 18 heavy (non-hydrogen) atoms. The van der Waals surface area contributed by atoms with E-state index >= 15 is 0 Å². The zero-order valence-electron chi connectivity index (χ0n) is 10.4. The van der Waals surface area contributed by atoms with Crippen LogP contribution in [0.5, 0.6) is 0 Å². The molecule has 1 fully saturated rings. The number of hydrogen-bond acceptors (Lipinski definition) is 2. The van der Waals surface area contributed by atoms with Gasteiger partial charge in [-0.25, -0.2) is 0 Å². The Balaban J connectivity index is 1.86. The highest BCUT2D eigenvalue weighted by molar-refractivity contribution is 6.30. The summed E-state index contributed by atoms with van der Waals surface area (Å²) >= 11 is 5.79. The number of carbonyl (C=O) groups is 1. The molecule has 0 aromatic heterocycles. The highest BCUT2D eigenvalue weighted by Crippen LogP contribution is 2.26. The topological polar surface area (TPSA) is 55.1 Å². The van der Waals surface area contributed by atoms with Gasteiger partial charge < -0.3 is 11.1 Å². The van der Waals surface area contributed by atoms with Crippen LogP contribution in [-0.4, -0.2) is 11.9 Å². The molecule has 0 aliphatic heterocycles. The molecule has 3 N–H and O–H groups in total. The number of benzene rings is 1. The SMILES string of the molecule is NC1CCCCC1CC(=O)Nc1ccc(Cl)cc1. The minimum Gasteiger partial charge on any atom is -0.327 e. The zero-order valence-corrected chi connectivity index (χ0v) is 11.1. The van der Waals surface area contributed by atoms with Crippen molar-refractivity contribution in [3.8, 4) is 0 Å². The Kier molecular flexibility index (Phi) is 4.61. The van der Waals surface area contributed by atoms with E-state index in [0.717, 1.165) is 18.5 Å². The molecular formula is C14H19ClN2O. The fraction of sp³-hybridized carbons (Fsp3) is 0.500. The summed E-state index contributed by atoms with van der Waals surface area (Å²) in [5, 5.41) is 3.55. The van der Waals surface area contributed by atoms with Crippen molar-refractivity contribution in [1.82, 2.24) is 0 Å². The molecule has 0 spiro atoms. The van der Waals surface area contributed by atoms with Crippen molar-refractivity contribution in [1.29, 1.82) is 0 Å². The van der Waals surface area contributed by atoms with Crippen LogP contribution in [0.1, 0.15) is 32.1 Å². The van der Waals surface area contributed by atoms with Gasteiger partial charge in [0, 0.05) is 23.2 Å². The van der Waals surface area contributed by atoms with Crippen molar-refractivity contribution >= 4 is 23.2 Å². The maximum Gasteiger partial charge on any atom is 0.224 e. The summed E-state index contributed by atoms with van der Waals surface area (Å²) in [7, 11) is 0. The molecule has 1 amide bonds. The Bertz CT molecular complexity index is 405. The van der Waals surface area contributed by atoms with E-state index in [1.165, 1.54) is 12.8 Å². The van der Waals surface area contributed by atoms with E-state index in [2.05, 4.69) is 5.32 Å². The minimum atomic E-state index is 0.0414. The van der Waals surface area contributed by atoms with Crippen LogP contribution in [0.2, 0.25) is 5.02 Å². The summed E-state index contributed by atoms with van der Waals surface area (Å²) in [6.45, 7) is 0. The van der Waals surface area contributed by atoms with Gasteiger partial charge in [0.15, 0.2) is 0 Å². The van der Waals surface area contributed by atoms with Gasteiger partial charge in [-0.05, 0) is 43.0 Å². The van der Waals surface area contributed by atoms with Gasteiger partial charge in [0.25, 0.3) is 0 Å². The van der Waals surface area contributed by atoms with Crippen molar-refractivity contribution in [2.24, 2.45) is 11.7 Å². The van der Waals surface area contributed by atoms with Crippen LogP contribution in [-0.2, 0) is 4.79 Å². The van der Waals surface area contributed by atoms with Crippen LogP contribution in [0.15, 0.2) is 24.3 Å². The lowest BCUT2D eigenvalue weighted by Crippen LogP contribution is -2.35. The summed E-state index contributed by atoms with van der Waals surface area (Å²) in [6.07, 6.45) is 5.00. The predicted molar refractivity (Wildman–Crippen MR) is 74.6 cm³/mol. The molecule has 0 heterocycles. The molecule has 0 bridgehead atoms. The van der Waals surface area contributed by atoms with Gasteiger partial charge in [-0.15, -0.1) is 0 Å². The molecule has 1 aromatic carbocycles. The number of halogens is 1. The maximum absolute atomic E-state index is 11.9. The van der Waals surface area contributed by atoms with E-state index in [1.54, 1.807) is 24.3 Å². The average Bonchev–Trinajstić information content (AvgIpc) is 2.35. The molecule has 1 aliphatic rings. The van der Waals surface area contributed by atoms with Crippen LogP contribution < -0.4 is 11.1 Å². The number of hydrogen-bond donors (Lipinski definition) is 2. The smallest absolute Gasteiger partial charge is 0.224 e. The minimum absolute atomic E-state index is 0.0414. The summed E-state index contributed by atoms with van der Waals surface area (Å²) in [4.78, 5) is 11.9. The Labute approximate surface area is 113 Å². The summed E-state index contributed by atoms with van der Waals surface area (Å²) < 4.78 is 0. The van der Waals surface area contributed by atoms with Gasteiger partial charge in [-0.2, -0.15) is 0 Å². The van der Waals surface area contributed by atoms with Crippen LogP contribution in [0, 0.1) is 5.92 Å². The molecule has 1 aromatic rings. The van der Waals surface area contributed by atoms with Crippen LogP contribution in [0.3, 0.4) is 0 Å². The van der Waals surface area contributed by atoms with E-state index in [1.807, 2.05) is 0 Å². The van der Waals surface area contributed by atoms with Crippen LogP contribution >= 0.6 is 11.6 Å². The first kappa shape index (κ1) is 13.4. The van der Waals surface area contributed by atoms with E-state index < -0.39 is 0 Å². The molecule has 2 unspecified atom stereocenters. The highest BCUT2D eigenvalue weighted by atomic mass is 35.5. The molecule has 0 radical (unpaired) electrons. The molecular weight excluding hydrogens is 248 g/mol. The van der Waals surface area contributed by atoms with Crippen molar-refractivity contribution in [3.63, 3.8) is 0 Å².